The van der Waals surface area contributed by atoms with Gasteiger partial charge in [-0.15, -0.1) is 0 Å². The molecule has 0 aromatic heterocycles. The van der Waals surface area contributed by atoms with Gasteiger partial charge in [-0.1, -0.05) is 0 Å². The van der Waals surface area contributed by atoms with E-state index in [9.17, 15) is 10.2 Å². The van der Waals surface area contributed by atoms with Crippen molar-refractivity contribution in [3.05, 3.63) is 0 Å². The van der Waals surface area contributed by atoms with Gasteiger partial charge in [0, 0.05) is 0 Å². The van der Waals surface area contributed by atoms with Crippen LogP contribution in [0.2, 0.25) is 0 Å². The number of hydrogen-bond acceptors (Lipinski definition) is 6. The van der Waals surface area contributed by atoms with Crippen LogP contribution in [0.25, 0.3) is 0 Å². The maximum absolute atomic E-state index is 9.66. The summed E-state index contributed by atoms with van der Waals surface area (Å²) in [6.45, 7) is 2.38. The first-order valence-corrected chi connectivity index (χ1v) is 2.56. The van der Waals surface area contributed by atoms with Crippen molar-refractivity contribution in [2.24, 2.45) is 22.9 Å². The first-order chi connectivity index (χ1) is 4.00. The standard InChI is InChI=1S/2C2H7N2O.Sr/c2*1-2(3,4)5;/h2*3-4H2,1H3;/q2*-1;+2. The molecule has 0 unspecified atom stereocenters. The van der Waals surface area contributed by atoms with E-state index in [1.54, 1.807) is 0 Å². The smallest absolute Gasteiger partial charge is 0.827 e. The van der Waals surface area contributed by atoms with Gasteiger partial charge >= 0.3 is 45.5 Å². The van der Waals surface area contributed by atoms with Crippen LogP contribution in [0.3, 0.4) is 0 Å². The minimum absolute atomic E-state index is 0. The van der Waals surface area contributed by atoms with Gasteiger partial charge < -0.3 is 33.1 Å². The van der Waals surface area contributed by atoms with Crippen molar-refractivity contribution in [2.45, 2.75) is 25.5 Å². The van der Waals surface area contributed by atoms with Crippen LogP contribution in [0.5, 0.6) is 0 Å². The van der Waals surface area contributed by atoms with Crippen molar-refractivity contribution < 1.29 is 10.2 Å². The molecule has 8 N–H and O–H groups in total. The van der Waals surface area contributed by atoms with Crippen LogP contribution in [0.15, 0.2) is 0 Å². The molecule has 0 rings (SSSR count). The molecular weight excluding hydrogens is 224 g/mol. The third-order valence-electron chi connectivity index (χ3n) is 0. The van der Waals surface area contributed by atoms with Crippen molar-refractivity contribution in [3.8, 4) is 0 Å². The Labute approximate surface area is 103 Å². The summed E-state index contributed by atoms with van der Waals surface area (Å²) in [5.74, 6) is -3.50. The van der Waals surface area contributed by atoms with Gasteiger partial charge in [0.25, 0.3) is 0 Å². The second-order valence-corrected chi connectivity index (χ2v) is 2.37. The molecule has 0 aromatic carbocycles. The van der Waals surface area contributed by atoms with Crippen LogP contribution >= 0.6 is 0 Å². The predicted molar refractivity (Wildman–Crippen MR) is 39.3 cm³/mol. The van der Waals surface area contributed by atoms with E-state index in [0.717, 1.165) is 0 Å². The second kappa shape index (κ2) is 6.72. The van der Waals surface area contributed by atoms with Gasteiger partial charge in [0.15, 0.2) is 0 Å². The largest absolute Gasteiger partial charge is 2.00 e. The van der Waals surface area contributed by atoms with E-state index < -0.39 is 11.7 Å². The summed E-state index contributed by atoms with van der Waals surface area (Å²) < 4.78 is 0. The Morgan fingerprint density at radius 1 is 0.818 bits per heavy atom. The summed E-state index contributed by atoms with van der Waals surface area (Å²) >= 11 is 0. The summed E-state index contributed by atoms with van der Waals surface area (Å²) in [6.07, 6.45) is 0. The van der Waals surface area contributed by atoms with E-state index >= 15 is 0 Å². The molecule has 0 saturated heterocycles. The van der Waals surface area contributed by atoms with Gasteiger partial charge in [-0.2, -0.15) is 0 Å². The third-order valence-corrected chi connectivity index (χ3v) is 0. The molecule has 6 nitrogen and oxygen atoms in total. The Hall–Kier alpha value is 1.24. The maximum Gasteiger partial charge on any atom is 2.00 e. The molecule has 0 aliphatic carbocycles. The normalized spacial score (nSPS) is 10.9. The molecule has 11 heavy (non-hydrogen) atoms. The first-order valence-electron chi connectivity index (χ1n) is 2.56. The molecule has 0 aliphatic heterocycles. The zero-order valence-electron chi connectivity index (χ0n) is 6.83. The SMILES string of the molecule is CC(N)(N)[O-].CC(N)(N)[O-].[Sr+2]. The Balaban J connectivity index is -0.000000107. The van der Waals surface area contributed by atoms with Crippen LogP contribution in [0.1, 0.15) is 13.8 Å². The molecule has 0 aromatic rings. The molecule has 0 saturated carbocycles. The molecular formula is C4H14N4O2Sr. The Kier molecular flexibility index (Phi) is 11.1. The zero-order chi connectivity index (χ0) is 9.00. The van der Waals surface area contributed by atoms with E-state index in [1.807, 2.05) is 0 Å². The molecule has 0 spiro atoms. The van der Waals surface area contributed by atoms with E-state index in [4.69, 9.17) is 0 Å². The number of rotatable bonds is 0. The molecule has 0 atom stereocenters. The fourth-order valence-corrected chi connectivity index (χ4v) is 0. The molecule has 0 bridgehead atoms. The monoisotopic (exact) mass is 238 g/mol. The average Bonchev–Trinajstić information content (AvgIpc) is 1.12. The summed E-state index contributed by atoms with van der Waals surface area (Å²) in [5, 5.41) is 19.3. The molecule has 64 valence electrons. The van der Waals surface area contributed by atoms with Crippen molar-refractivity contribution in [3.63, 3.8) is 0 Å². The van der Waals surface area contributed by atoms with E-state index in [1.165, 1.54) is 13.8 Å². The van der Waals surface area contributed by atoms with Crippen molar-refractivity contribution in [1.82, 2.24) is 0 Å². The predicted octanol–water partition coefficient (Wildman–Crippen LogP) is -4.51. The quantitative estimate of drug-likeness (QED) is 0.246. The van der Waals surface area contributed by atoms with E-state index in [-0.39, 0.29) is 45.5 Å². The van der Waals surface area contributed by atoms with Gasteiger partial charge in [0.1, 0.15) is 0 Å². The van der Waals surface area contributed by atoms with E-state index in [2.05, 4.69) is 22.9 Å². The average molecular weight is 238 g/mol. The van der Waals surface area contributed by atoms with Gasteiger partial charge in [-0.3, -0.25) is 0 Å². The maximum atomic E-state index is 9.66. The summed E-state index contributed by atoms with van der Waals surface area (Å²) in [4.78, 5) is 0. The van der Waals surface area contributed by atoms with Crippen molar-refractivity contribution in [2.75, 3.05) is 0 Å². The van der Waals surface area contributed by atoms with Crippen molar-refractivity contribution >= 4 is 45.5 Å². The van der Waals surface area contributed by atoms with Gasteiger partial charge in [-0.05, 0) is 25.5 Å². The Bertz CT molecular complexity index is 63.1. The molecule has 0 heterocycles. The summed E-state index contributed by atoms with van der Waals surface area (Å²) in [7, 11) is 0. The van der Waals surface area contributed by atoms with Crippen LogP contribution < -0.4 is 33.1 Å². The summed E-state index contributed by atoms with van der Waals surface area (Å²) in [6, 6.07) is 0. The van der Waals surface area contributed by atoms with Gasteiger partial charge in [0.05, 0.1) is 0 Å². The van der Waals surface area contributed by atoms with Gasteiger partial charge in [0.2, 0.25) is 0 Å². The Morgan fingerprint density at radius 3 is 0.818 bits per heavy atom. The third kappa shape index (κ3) is 624. The molecule has 0 amide bonds. The number of hydrogen-bond donors (Lipinski definition) is 4. The molecule has 0 radical (unpaired) electrons. The zero-order valence-corrected chi connectivity index (χ0v) is 10.3. The van der Waals surface area contributed by atoms with Crippen LogP contribution in [0, 0.1) is 0 Å². The van der Waals surface area contributed by atoms with E-state index in [0.29, 0.717) is 0 Å². The Morgan fingerprint density at radius 2 is 0.818 bits per heavy atom. The topological polar surface area (TPSA) is 150 Å². The molecule has 0 aliphatic rings. The minimum Gasteiger partial charge on any atom is -0.827 e. The number of nitrogens with two attached hydrogens (primary N) is 4. The summed E-state index contributed by atoms with van der Waals surface area (Å²) in [5.41, 5.74) is 18.3. The van der Waals surface area contributed by atoms with Crippen LogP contribution in [-0.2, 0) is 0 Å². The minimum atomic E-state index is -1.75. The van der Waals surface area contributed by atoms with Crippen LogP contribution in [0.4, 0.5) is 0 Å². The fraction of sp³-hybridized carbons (Fsp3) is 1.00. The van der Waals surface area contributed by atoms with Crippen molar-refractivity contribution in [1.29, 1.82) is 0 Å². The second-order valence-electron chi connectivity index (χ2n) is 2.37. The van der Waals surface area contributed by atoms with Gasteiger partial charge in [-0.25, -0.2) is 0 Å². The van der Waals surface area contributed by atoms with Crippen LogP contribution in [-0.4, -0.2) is 57.2 Å². The first kappa shape index (κ1) is 18.1. The fourth-order valence-electron chi connectivity index (χ4n) is 0. The molecule has 0 fully saturated rings. The molecule has 7 heteroatoms.